The van der Waals surface area contributed by atoms with E-state index in [0.29, 0.717) is 19.1 Å². The van der Waals surface area contributed by atoms with Gasteiger partial charge in [0.1, 0.15) is 6.04 Å². The van der Waals surface area contributed by atoms with Gasteiger partial charge in [0.05, 0.1) is 20.3 Å². The van der Waals surface area contributed by atoms with Crippen LogP contribution < -0.4 is 0 Å². The van der Waals surface area contributed by atoms with E-state index >= 15 is 0 Å². The monoisotopic (exact) mass is 259 g/mol. The van der Waals surface area contributed by atoms with Crippen molar-refractivity contribution in [1.82, 2.24) is 4.90 Å². The fourth-order valence-electron chi connectivity index (χ4n) is 2.30. The van der Waals surface area contributed by atoms with Gasteiger partial charge in [0.2, 0.25) is 0 Å². The molecule has 0 aromatic heterocycles. The molecule has 0 bridgehead atoms. The van der Waals surface area contributed by atoms with E-state index in [1.165, 1.54) is 7.11 Å². The lowest BCUT2D eigenvalue weighted by atomic mass is 10.1. The third-order valence-corrected chi connectivity index (χ3v) is 3.40. The fourth-order valence-corrected chi connectivity index (χ4v) is 2.30. The summed E-state index contributed by atoms with van der Waals surface area (Å²) in [5, 5.41) is 0. The Morgan fingerprint density at radius 2 is 1.94 bits per heavy atom. The number of ether oxygens (including phenoxy) is 3. The molecule has 1 fully saturated rings. The minimum Gasteiger partial charge on any atom is -0.468 e. The molecular weight excluding hydrogens is 234 g/mol. The second-order valence-corrected chi connectivity index (χ2v) is 4.84. The van der Waals surface area contributed by atoms with Gasteiger partial charge in [-0.1, -0.05) is 0 Å². The number of hydrogen-bond donors (Lipinski definition) is 0. The Kier molecular flexibility index (Phi) is 6.60. The number of esters is 1. The van der Waals surface area contributed by atoms with Gasteiger partial charge in [-0.05, 0) is 25.7 Å². The Bertz CT molecular complexity index is 255. The van der Waals surface area contributed by atoms with Crippen molar-refractivity contribution in [3.8, 4) is 0 Å². The number of methoxy groups -OCH3 is 3. The van der Waals surface area contributed by atoms with Crippen LogP contribution >= 0.6 is 0 Å². The zero-order chi connectivity index (χ0) is 13.5. The highest BCUT2D eigenvalue weighted by Crippen LogP contribution is 2.36. The van der Waals surface area contributed by atoms with E-state index in [2.05, 4.69) is 11.8 Å². The quantitative estimate of drug-likeness (QED) is 0.576. The van der Waals surface area contributed by atoms with Gasteiger partial charge in [-0.2, -0.15) is 0 Å². The first-order valence-electron chi connectivity index (χ1n) is 6.47. The normalized spacial score (nSPS) is 18.7. The molecule has 106 valence electrons. The third-order valence-electron chi connectivity index (χ3n) is 3.40. The van der Waals surface area contributed by atoms with Gasteiger partial charge in [0.25, 0.3) is 0 Å². The maximum atomic E-state index is 12.0. The molecule has 1 rings (SSSR count). The van der Waals surface area contributed by atoms with Crippen molar-refractivity contribution < 1.29 is 19.0 Å². The zero-order valence-electron chi connectivity index (χ0n) is 11.8. The molecule has 0 aliphatic heterocycles. The van der Waals surface area contributed by atoms with Crippen LogP contribution in [0.15, 0.2) is 0 Å². The fraction of sp³-hybridized carbons (Fsp3) is 0.923. The van der Waals surface area contributed by atoms with E-state index in [4.69, 9.17) is 14.2 Å². The SMILES string of the molecule is COCCN(C(C)COC)C(C(=O)OC)C1CC1. The van der Waals surface area contributed by atoms with Crippen LogP contribution in [-0.2, 0) is 19.0 Å². The summed E-state index contributed by atoms with van der Waals surface area (Å²) in [6, 6.07) is 0.0187. The van der Waals surface area contributed by atoms with Crippen LogP contribution in [0.2, 0.25) is 0 Å². The van der Waals surface area contributed by atoms with Crippen LogP contribution in [0.4, 0.5) is 0 Å². The second-order valence-electron chi connectivity index (χ2n) is 4.84. The van der Waals surface area contributed by atoms with Gasteiger partial charge in [0, 0.05) is 26.8 Å². The number of hydrogen-bond acceptors (Lipinski definition) is 5. The van der Waals surface area contributed by atoms with Crippen LogP contribution in [0.3, 0.4) is 0 Å². The van der Waals surface area contributed by atoms with Crippen molar-refractivity contribution >= 4 is 5.97 Å². The smallest absolute Gasteiger partial charge is 0.323 e. The first kappa shape index (κ1) is 15.4. The molecule has 0 spiro atoms. The van der Waals surface area contributed by atoms with E-state index < -0.39 is 0 Å². The van der Waals surface area contributed by atoms with Gasteiger partial charge in [-0.15, -0.1) is 0 Å². The maximum Gasteiger partial charge on any atom is 0.323 e. The molecule has 2 atom stereocenters. The topological polar surface area (TPSA) is 48.0 Å². The molecule has 5 heteroatoms. The van der Waals surface area contributed by atoms with Crippen molar-refractivity contribution in [2.24, 2.45) is 5.92 Å². The van der Waals surface area contributed by atoms with Gasteiger partial charge in [-0.3, -0.25) is 9.69 Å². The molecule has 0 heterocycles. The first-order valence-corrected chi connectivity index (χ1v) is 6.47. The molecular formula is C13H25NO4. The Morgan fingerprint density at radius 3 is 2.39 bits per heavy atom. The van der Waals surface area contributed by atoms with Crippen molar-refractivity contribution in [2.75, 3.05) is 41.1 Å². The summed E-state index contributed by atoms with van der Waals surface area (Å²) in [5.41, 5.74) is 0. The van der Waals surface area contributed by atoms with Gasteiger partial charge in [-0.25, -0.2) is 0 Å². The highest BCUT2D eigenvalue weighted by molar-refractivity contribution is 5.76. The van der Waals surface area contributed by atoms with Crippen molar-refractivity contribution in [1.29, 1.82) is 0 Å². The Balaban J connectivity index is 2.72. The Morgan fingerprint density at radius 1 is 1.28 bits per heavy atom. The van der Waals surface area contributed by atoms with Crippen LogP contribution in [0.1, 0.15) is 19.8 Å². The minimum absolute atomic E-state index is 0.142. The largest absolute Gasteiger partial charge is 0.468 e. The zero-order valence-corrected chi connectivity index (χ0v) is 11.8. The Labute approximate surface area is 109 Å². The molecule has 1 saturated carbocycles. The highest BCUT2D eigenvalue weighted by Gasteiger charge is 2.42. The molecule has 0 saturated heterocycles. The molecule has 1 aliphatic carbocycles. The predicted octanol–water partition coefficient (Wildman–Crippen LogP) is 0.921. The molecule has 18 heavy (non-hydrogen) atoms. The molecule has 0 amide bonds. The molecule has 2 unspecified atom stereocenters. The van der Waals surface area contributed by atoms with Gasteiger partial charge >= 0.3 is 5.97 Å². The minimum atomic E-state index is -0.157. The van der Waals surface area contributed by atoms with E-state index in [1.54, 1.807) is 14.2 Å². The van der Waals surface area contributed by atoms with Crippen molar-refractivity contribution in [3.63, 3.8) is 0 Å². The summed E-state index contributed by atoms with van der Waals surface area (Å²) < 4.78 is 15.3. The lowest BCUT2D eigenvalue weighted by molar-refractivity contribution is -0.149. The average Bonchev–Trinajstić information content (AvgIpc) is 3.18. The van der Waals surface area contributed by atoms with Crippen molar-refractivity contribution in [2.45, 2.75) is 31.8 Å². The summed E-state index contributed by atoms with van der Waals surface area (Å²) in [6.07, 6.45) is 2.20. The molecule has 0 N–H and O–H groups in total. The molecule has 0 aromatic rings. The number of rotatable bonds is 9. The van der Waals surface area contributed by atoms with E-state index in [9.17, 15) is 4.79 Å². The van der Waals surface area contributed by atoms with Crippen molar-refractivity contribution in [3.05, 3.63) is 0 Å². The molecule has 0 radical (unpaired) electrons. The standard InChI is InChI=1S/C13H25NO4/c1-10(9-17-3)14(7-8-16-2)12(11-5-6-11)13(15)18-4/h10-12H,5-9H2,1-4H3. The maximum absolute atomic E-state index is 12.0. The second kappa shape index (κ2) is 7.71. The summed E-state index contributed by atoms with van der Waals surface area (Å²) >= 11 is 0. The predicted molar refractivity (Wildman–Crippen MR) is 68.4 cm³/mol. The molecule has 1 aliphatic rings. The van der Waals surface area contributed by atoms with Crippen LogP contribution in [0, 0.1) is 5.92 Å². The van der Waals surface area contributed by atoms with E-state index in [-0.39, 0.29) is 18.1 Å². The lowest BCUT2D eigenvalue weighted by Crippen LogP contribution is -2.50. The third kappa shape index (κ3) is 4.23. The van der Waals surface area contributed by atoms with E-state index in [1.807, 2.05) is 0 Å². The Hall–Kier alpha value is -0.650. The molecule has 0 aromatic carbocycles. The number of nitrogens with zero attached hydrogens (tertiary/aromatic N) is 1. The van der Waals surface area contributed by atoms with Gasteiger partial charge < -0.3 is 14.2 Å². The summed E-state index contributed by atoms with van der Waals surface area (Å²) in [5.74, 6) is 0.283. The van der Waals surface area contributed by atoms with Crippen LogP contribution in [0.5, 0.6) is 0 Å². The first-order chi connectivity index (χ1) is 8.65. The van der Waals surface area contributed by atoms with Gasteiger partial charge in [0.15, 0.2) is 0 Å². The van der Waals surface area contributed by atoms with E-state index in [0.717, 1.165) is 19.4 Å². The van der Waals surface area contributed by atoms with Crippen LogP contribution in [-0.4, -0.2) is 64.0 Å². The molecule has 5 nitrogen and oxygen atoms in total. The average molecular weight is 259 g/mol. The summed E-state index contributed by atoms with van der Waals surface area (Å²) in [6.45, 7) is 3.99. The summed E-state index contributed by atoms with van der Waals surface area (Å²) in [4.78, 5) is 14.1. The lowest BCUT2D eigenvalue weighted by Gasteiger charge is -2.34. The summed E-state index contributed by atoms with van der Waals surface area (Å²) in [7, 11) is 4.80. The highest BCUT2D eigenvalue weighted by atomic mass is 16.5. The number of carbonyl (C=O) groups is 1. The number of carbonyl (C=O) groups excluding carboxylic acids is 1. The van der Waals surface area contributed by atoms with Crippen LogP contribution in [0.25, 0.3) is 0 Å².